The van der Waals surface area contributed by atoms with E-state index < -0.39 is 12.3 Å². The third-order valence-electron chi connectivity index (χ3n) is 3.88. The van der Waals surface area contributed by atoms with Crippen molar-refractivity contribution in [3.8, 4) is 0 Å². The summed E-state index contributed by atoms with van der Waals surface area (Å²) in [5, 5.41) is 0. The van der Waals surface area contributed by atoms with E-state index in [-0.39, 0.29) is 11.3 Å². The maximum atomic E-state index is 13.1. The van der Waals surface area contributed by atoms with Gasteiger partial charge in [-0.3, -0.25) is 4.79 Å². The first-order chi connectivity index (χ1) is 10.9. The van der Waals surface area contributed by atoms with Crippen LogP contribution in [0.5, 0.6) is 0 Å². The third-order valence-corrected chi connectivity index (χ3v) is 3.88. The SMILES string of the molecule is CCC(C)=CO/C(C(=O)N1CCc2nc[nH]c2C1)=C(\C)C(F)F. The number of H-pyrrole nitrogens is 1. The topological polar surface area (TPSA) is 58.2 Å². The number of aromatic amines is 1. The quantitative estimate of drug-likeness (QED) is 0.668. The number of halogens is 2. The van der Waals surface area contributed by atoms with E-state index in [0.29, 0.717) is 19.5 Å². The van der Waals surface area contributed by atoms with Gasteiger partial charge < -0.3 is 14.6 Å². The average molecular weight is 325 g/mol. The minimum absolute atomic E-state index is 0.296. The minimum Gasteiger partial charge on any atom is -0.459 e. The summed E-state index contributed by atoms with van der Waals surface area (Å²) in [7, 11) is 0. The predicted molar refractivity (Wildman–Crippen MR) is 81.5 cm³/mol. The summed E-state index contributed by atoms with van der Waals surface area (Å²) < 4.78 is 31.4. The zero-order valence-corrected chi connectivity index (χ0v) is 13.5. The van der Waals surface area contributed by atoms with E-state index in [4.69, 9.17) is 4.74 Å². The molecule has 0 aliphatic carbocycles. The Kier molecular flexibility index (Phi) is 5.52. The summed E-state index contributed by atoms with van der Waals surface area (Å²) >= 11 is 0. The number of nitrogens with zero attached hydrogens (tertiary/aromatic N) is 2. The van der Waals surface area contributed by atoms with Crippen LogP contribution in [0.25, 0.3) is 0 Å². The summed E-state index contributed by atoms with van der Waals surface area (Å²) in [6.07, 6.45) is 1.51. The number of ether oxygens (including phenoxy) is 1. The smallest absolute Gasteiger partial charge is 0.290 e. The molecule has 7 heteroatoms. The molecule has 0 saturated carbocycles. The maximum Gasteiger partial charge on any atom is 0.290 e. The Morgan fingerprint density at radius 2 is 2.26 bits per heavy atom. The number of carbonyl (C=O) groups is 1. The zero-order valence-electron chi connectivity index (χ0n) is 13.5. The van der Waals surface area contributed by atoms with E-state index in [2.05, 4.69) is 9.97 Å². The molecule has 0 atom stereocenters. The number of amides is 1. The molecule has 126 valence electrons. The van der Waals surface area contributed by atoms with E-state index in [0.717, 1.165) is 23.4 Å². The molecular formula is C16H21F2N3O2. The van der Waals surface area contributed by atoms with Crippen molar-refractivity contribution in [3.05, 3.63) is 40.9 Å². The van der Waals surface area contributed by atoms with Crippen LogP contribution >= 0.6 is 0 Å². The second kappa shape index (κ2) is 7.39. The molecule has 0 spiro atoms. The Morgan fingerprint density at radius 1 is 1.52 bits per heavy atom. The Labute approximate surface area is 134 Å². The molecule has 0 bridgehead atoms. The lowest BCUT2D eigenvalue weighted by molar-refractivity contribution is -0.131. The standard InChI is InChI=1S/C16H21F2N3O2/c1-4-10(2)8-23-14(11(3)15(17)18)16(22)21-6-5-12-13(7-21)20-9-19-12/h8-9,15H,4-7H2,1-3H3,(H,19,20)/b10-8?,14-11+. The van der Waals surface area contributed by atoms with Gasteiger partial charge >= 0.3 is 0 Å². The van der Waals surface area contributed by atoms with Crippen molar-refractivity contribution < 1.29 is 18.3 Å². The van der Waals surface area contributed by atoms with Crippen molar-refractivity contribution in [2.45, 2.75) is 46.6 Å². The molecule has 0 aromatic carbocycles. The number of allylic oxidation sites excluding steroid dienone is 2. The zero-order chi connectivity index (χ0) is 17.0. The molecule has 0 unspecified atom stereocenters. The second-order valence-corrected chi connectivity index (χ2v) is 5.55. The molecular weight excluding hydrogens is 304 g/mol. The number of fused-ring (bicyclic) bond motifs is 1. The fourth-order valence-corrected chi connectivity index (χ4v) is 2.18. The van der Waals surface area contributed by atoms with Crippen LogP contribution in [-0.4, -0.2) is 33.7 Å². The molecule has 1 N–H and O–H groups in total. The molecule has 23 heavy (non-hydrogen) atoms. The first-order valence-corrected chi connectivity index (χ1v) is 7.55. The molecule has 1 aliphatic heterocycles. The molecule has 5 nitrogen and oxygen atoms in total. The normalized spacial score (nSPS) is 16.3. The molecule has 0 saturated heterocycles. The van der Waals surface area contributed by atoms with Crippen LogP contribution < -0.4 is 0 Å². The highest BCUT2D eigenvalue weighted by molar-refractivity contribution is 5.92. The minimum atomic E-state index is -2.74. The number of carbonyl (C=O) groups excluding carboxylic acids is 1. The van der Waals surface area contributed by atoms with Gasteiger partial charge in [0.15, 0.2) is 5.76 Å². The van der Waals surface area contributed by atoms with Crippen LogP contribution in [0.4, 0.5) is 8.78 Å². The van der Waals surface area contributed by atoms with Crippen molar-refractivity contribution >= 4 is 5.91 Å². The van der Waals surface area contributed by atoms with Crippen LogP contribution in [0.1, 0.15) is 38.6 Å². The molecule has 1 amide bonds. The summed E-state index contributed by atoms with van der Waals surface area (Å²) in [6, 6.07) is 0. The number of hydrogen-bond donors (Lipinski definition) is 1. The predicted octanol–water partition coefficient (Wildman–Crippen LogP) is 3.16. The first kappa shape index (κ1) is 17.2. The largest absolute Gasteiger partial charge is 0.459 e. The maximum absolute atomic E-state index is 13.1. The summed E-state index contributed by atoms with van der Waals surface area (Å²) in [4.78, 5) is 21.3. The molecule has 2 heterocycles. The van der Waals surface area contributed by atoms with Crippen molar-refractivity contribution in [2.75, 3.05) is 6.54 Å². The fraction of sp³-hybridized carbons (Fsp3) is 0.500. The van der Waals surface area contributed by atoms with Gasteiger partial charge in [0.05, 0.1) is 30.5 Å². The molecule has 1 aromatic heterocycles. The van der Waals surface area contributed by atoms with Gasteiger partial charge in [-0.15, -0.1) is 0 Å². The van der Waals surface area contributed by atoms with Crippen LogP contribution in [0.3, 0.4) is 0 Å². The van der Waals surface area contributed by atoms with Crippen molar-refractivity contribution in [1.29, 1.82) is 0 Å². The summed E-state index contributed by atoms with van der Waals surface area (Å²) in [5.41, 5.74) is 2.25. The lowest BCUT2D eigenvalue weighted by Gasteiger charge is -2.27. The van der Waals surface area contributed by atoms with Gasteiger partial charge in [0.25, 0.3) is 12.3 Å². The molecule has 0 radical (unpaired) electrons. The number of alkyl halides is 2. The number of aromatic nitrogens is 2. The van der Waals surface area contributed by atoms with E-state index in [1.807, 2.05) is 13.8 Å². The average Bonchev–Trinajstić information content (AvgIpc) is 3.01. The van der Waals surface area contributed by atoms with Crippen molar-refractivity contribution in [1.82, 2.24) is 14.9 Å². The Balaban J connectivity index is 2.22. The van der Waals surface area contributed by atoms with Crippen LogP contribution in [0, 0.1) is 0 Å². The number of rotatable bonds is 5. The summed E-state index contributed by atoms with van der Waals surface area (Å²) in [5.74, 6) is -0.820. The number of imidazole rings is 1. The Hall–Kier alpha value is -2.18. The highest BCUT2D eigenvalue weighted by Gasteiger charge is 2.28. The highest BCUT2D eigenvalue weighted by atomic mass is 19.3. The van der Waals surface area contributed by atoms with Gasteiger partial charge in [-0.1, -0.05) is 6.92 Å². The molecule has 1 aliphatic rings. The van der Waals surface area contributed by atoms with Crippen LogP contribution in [0.15, 0.2) is 29.5 Å². The lowest BCUT2D eigenvalue weighted by Crippen LogP contribution is -2.37. The third kappa shape index (κ3) is 3.97. The van der Waals surface area contributed by atoms with Gasteiger partial charge in [-0.2, -0.15) is 0 Å². The van der Waals surface area contributed by atoms with Crippen molar-refractivity contribution in [2.24, 2.45) is 0 Å². The van der Waals surface area contributed by atoms with Gasteiger partial charge in [-0.05, 0) is 25.8 Å². The van der Waals surface area contributed by atoms with Gasteiger partial charge in [0, 0.05) is 18.5 Å². The number of hydrogen-bond acceptors (Lipinski definition) is 3. The van der Waals surface area contributed by atoms with Crippen LogP contribution in [0.2, 0.25) is 0 Å². The van der Waals surface area contributed by atoms with Gasteiger partial charge in [0.1, 0.15) is 0 Å². The van der Waals surface area contributed by atoms with Gasteiger partial charge in [0.2, 0.25) is 0 Å². The fourth-order valence-electron chi connectivity index (χ4n) is 2.18. The molecule has 2 rings (SSSR count). The van der Waals surface area contributed by atoms with Gasteiger partial charge in [-0.25, -0.2) is 13.8 Å². The van der Waals surface area contributed by atoms with Crippen molar-refractivity contribution in [3.63, 3.8) is 0 Å². The first-order valence-electron chi connectivity index (χ1n) is 7.55. The van der Waals surface area contributed by atoms with Crippen LogP contribution in [-0.2, 0) is 22.5 Å². The van der Waals surface area contributed by atoms with E-state index in [9.17, 15) is 13.6 Å². The monoisotopic (exact) mass is 325 g/mol. The highest BCUT2D eigenvalue weighted by Crippen LogP contribution is 2.22. The molecule has 1 aromatic rings. The Bertz CT molecular complexity index is 635. The second-order valence-electron chi connectivity index (χ2n) is 5.55. The Morgan fingerprint density at radius 3 is 2.91 bits per heavy atom. The lowest BCUT2D eigenvalue weighted by atomic mass is 10.1. The summed E-state index contributed by atoms with van der Waals surface area (Å²) in [6.45, 7) is 5.70. The number of nitrogens with one attached hydrogen (secondary N) is 1. The van der Waals surface area contributed by atoms with E-state index in [1.165, 1.54) is 18.1 Å². The van der Waals surface area contributed by atoms with E-state index >= 15 is 0 Å². The molecule has 0 fully saturated rings. The van der Waals surface area contributed by atoms with E-state index in [1.54, 1.807) is 6.33 Å².